The molecule has 2 N–H and O–H groups in total. The first kappa shape index (κ1) is 14.0. The van der Waals surface area contributed by atoms with Crippen molar-refractivity contribution in [2.24, 2.45) is 0 Å². The molecule has 0 unspecified atom stereocenters. The Kier molecular flexibility index (Phi) is 5.29. The van der Waals surface area contributed by atoms with Crippen LogP contribution in [0.5, 0.6) is 0 Å². The summed E-state index contributed by atoms with van der Waals surface area (Å²) in [5, 5.41) is 7.79. The van der Waals surface area contributed by atoms with E-state index < -0.39 is 11.8 Å². The number of amides is 2. The van der Waals surface area contributed by atoms with E-state index in [1.165, 1.54) is 11.3 Å². The molecule has 0 atom stereocenters. The first-order valence-electron chi connectivity index (χ1n) is 6.42. The molecule has 2 heterocycles. The molecule has 1 aliphatic heterocycles. The molecule has 1 aromatic heterocycles. The normalized spacial score (nSPS) is 15.9. The average molecular weight is 282 g/mol. The highest BCUT2D eigenvalue weighted by Crippen LogP contribution is 2.01. The Balaban J connectivity index is 1.73. The molecule has 0 bridgehead atoms. The summed E-state index contributed by atoms with van der Waals surface area (Å²) in [4.78, 5) is 29.4. The van der Waals surface area contributed by atoms with Gasteiger partial charge in [-0.05, 0) is 13.0 Å². The van der Waals surface area contributed by atoms with Gasteiger partial charge in [0.1, 0.15) is 0 Å². The summed E-state index contributed by atoms with van der Waals surface area (Å²) < 4.78 is 0. The predicted molar refractivity (Wildman–Crippen MR) is 72.9 cm³/mol. The molecular formula is C12H18N4O2S. The van der Waals surface area contributed by atoms with Gasteiger partial charge in [-0.15, -0.1) is 11.3 Å². The van der Waals surface area contributed by atoms with Crippen LogP contribution < -0.4 is 10.6 Å². The molecule has 7 heteroatoms. The van der Waals surface area contributed by atoms with Gasteiger partial charge in [0.25, 0.3) is 0 Å². The Labute approximate surface area is 116 Å². The van der Waals surface area contributed by atoms with Gasteiger partial charge in [0.2, 0.25) is 0 Å². The van der Waals surface area contributed by atoms with Crippen molar-refractivity contribution < 1.29 is 9.59 Å². The van der Waals surface area contributed by atoms with Crippen molar-refractivity contribution in [2.45, 2.75) is 12.8 Å². The smallest absolute Gasteiger partial charge is 0.311 e. The Morgan fingerprint density at radius 2 is 2.32 bits per heavy atom. The van der Waals surface area contributed by atoms with Crippen molar-refractivity contribution in [3.63, 3.8) is 0 Å². The number of carbonyl (C=O) groups is 2. The Morgan fingerprint density at radius 3 is 3.11 bits per heavy atom. The minimum absolute atomic E-state index is 0.429. The van der Waals surface area contributed by atoms with Crippen molar-refractivity contribution in [3.8, 4) is 0 Å². The second-order valence-electron chi connectivity index (χ2n) is 4.38. The summed E-state index contributed by atoms with van der Waals surface area (Å²) in [6.07, 6.45) is 1.54. The number of carbonyl (C=O) groups excluding carboxylic acids is 2. The lowest BCUT2D eigenvalue weighted by Gasteiger charge is -2.18. The number of nitrogens with one attached hydrogen (secondary N) is 2. The van der Waals surface area contributed by atoms with Crippen LogP contribution in [0.3, 0.4) is 0 Å². The maximum absolute atomic E-state index is 11.9. The first-order valence-corrected chi connectivity index (χ1v) is 7.36. The molecule has 2 rings (SSSR count). The fraction of sp³-hybridized carbons (Fsp3) is 0.583. The standard InChI is InChI=1S/C12H18N4O2S/c17-11(14-4-2-10-8-19-9-15-10)12(18)16-6-1-3-13-5-7-16/h8-9,13H,1-7H2,(H,14,17). The third-order valence-corrected chi connectivity index (χ3v) is 3.61. The van der Waals surface area contributed by atoms with Gasteiger partial charge in [0, 0.05) is 38.0 Å². The van der Waals surface area contributed by atoms with E-state index in [0.29, 0.717) is 26.1 Å². The fourth-order valence-corrected chi connectivity index (χ4v) is 2.53. The first-order chi connectivity index (χ1) is 9.27. The molecule has 1 fully saturated rings. The van der Waals surface area contributed by atoms with E-state index in [4.69, 9.17) is 0 Å². The third kappa shape index (κ3) is 4.29. The number of rotatable bonds is 3. The molecule has 2 amide bonds. The van der Waals surface area contributed by atoms with Crippen molar-refractivity contribution >= 4 is 23.2 Å². The van der Waals surface area contributed by atoms with Gasteiger partial charge >= 0.3 is 11.8 Å². The maximum atomic E-state index is 11.9. The summed E-state index contributed by atoms with van der Waals surface area (Å²) in [6, 6.07) is 0. The van der Waals surface area contributed by atoms with E-state index >= 15 is 0 Å². The van der Waals surface area contributed by atoms with E-state index in [1.807, 2.05) is 5.38 Å². The second-order valence-corrected chi connectivity index (χ2v) is 5.10. The van der Waals surface area contributed by atoms with E-state index in [-0.39, 0.29) is 0 Å². The highest BCUT2D eigenvalue weighted by Gasteiger charge is 2.21. The number of aromatic nitrogens is 1. The minimum atomic E-state index is -0.517. The Morgan fingerprint density at radius 1 is 1.42 bits per heavy atom. The van der Waals surface area contributed by atoms with Gasteiger partial charge in [-0.3, -0.25) is 9.59 Å². The number of hydrogen-bond acceptors (Lipinski definition) is 5. The third-order valence-electron chi connectivity index (χ3n) is 2.97. The lowest BCUT2D eigenvalue weighted by Crippen LogP contribution is -2.44. The van der Waals surface area contributed by atoms with Gasteiger partial charge in [0.15, 0.2) is 0 Å². The molecule has 1 saturated heterocycles. The highest BCUT2D eigenvalue weighted by atomic mass is 32.1. The monoisotopic (exact) mass is 282 g/mol. The summed E-state index contributed by atoms with van der Waals surface area (Å²) >= 11 is 1.52. The van der Waals surface area contributed by atoms with Gasteiger partial charge in [-0.25, -0.2) is 4.98 Å². The van der Waals surface area contributed by atoms with Crippen LogP contribution in [0.2, 0.25) is 0 Å². The van der Waals surface area contributed by atoms with Crippen LogP contribution >= 0.6 is 11.3 Å². The number of nitrogens with zero attached hydrogens (tertiary/aromatic N) is 2. The van der Waals surface area contributed by atoms with Crippen molar-refractivity contribution in [1.29, 1.82) is 0 Å². The van der Waals surface area contributed by atoms with Crippen molar-refractivity contribution in [3.05, 3.63) is 16.6 Å². The summed E-state index contributed by atoms with van der Waals surface area (Å²) in [5.74, 6) is -0.945. The lowest BCUT2D eigenvalue weighted by atomic mass is 10.3. The molecule has 1 aromatic rings. The maximum Gasteiger partial charge on any atom is 0.311 e. The molecule has 104 valence electrons. The molecule has 0 radical (unpaired) electrons. The quantitative estimate of drug-likeness (QED) is 0.742. The van der Waals surface area contributed by atoms with Crippen molar-refractivity contribution in [1.82, 2.24) is 20.5 Å². The Bertz CT molecular complexity index is 413. The molecule has 0 aliphatic carbocycles. The summed E-state index contributed by atoms with van der Waals surface area (Å²) in [6.45, 7) is 3.33. The van der Waals surface area contributed by atoms with Crippen LogP contribution in [0.25, 0.3) is 0 Å². The molecular weight excluding hydrogens is 264 g/mol. The SMILES string of the molecule is O=C(NCCc1cscn1)C(=O)N1CCCNCC1. The van der Waals surface area contributed by atoms with E-state index in [0.717, 1.165) is 25.2 Å². The fourth-order valence-electron chi connectivity index (χ4n) is 1.93. The number of hydrogen-bond donors (Lipinski definition) is 2. The Hall–Kier alpha value is -1.47. The van der Waals surface area contributed by atoms with Crippen LogP contribution in [-0.4, -0.2) is 54.4 Å². The van der Waals surface area contributed by atoms with Crippen LogP contribution in [0.1, 0.15) is 12.1 Å². The van der Waals surface area contributed by atoms with Crippen molar-refractivity contribution in [2.75, 3.05) is 32.7 Å². The van der Waals surface area contributed by atoms with E-state index in [9.17, 15) is 9.59 Å². The van der Waals surface area contributed by atoms with Gasteiger partial charge in [0.05, 0.1) is 11.2 Å². The zero-order valence-electron chi connectivity index (χ0n) is 10.7. The van der Waals surface area contributed by atoms with Crippen LogP contribution in [0, 0.1) is 0 Å². The molecule has 0 spiro atoms. The zero-order chi connectivity index (χ0) is 13.5. The van der Waals surface area contributed by atoms with Crippen LogP contribution in [0.4, 0.5) is 0 Å². The van der Waals surface area contributed by atoms with E-state index in [1.54, 1.807) is 10.4 Å². The lowest BCUT2D eigenvalue weighted by molar-refractivity contribution is -0.145. The minimum Gasteiger partial charge on any atom is -0.347 e. The molecule has 6 nitrogen and oxygen atoms in total. The largest absolute Gasteiger partial charge is 0.347 e. The van der Waals surface area contributed by atoms with Gasteiger partial charge in [-0.1, -0.05) is 0 Å². The second kappa shape index (κ2) is 7.20. The zero-order valence-corrected chi connectivity index (χ0v) is 11.5. The molecule has 0 saturated carbocycles. The summed E-state index contributed by atoms with van der Waals surface area (Å²) in [7, 11) is 0. The number of thiazole rings is 1. The molecule has 1 aliphatic rings. The van der Waals surface area contributed by atoms with Gasteiger partial charge in [-0.2, -0.15) is 0 Å². The predicted octanol–water partition coefficient (Wildman–Crippen LogP) is -0.376. The van der Waals surface area contributed by atoms with Crippen LogP contribution in [0.15, 0.2) is 10.9 Å². The summed E-state index contributed by atoms with van der Waals surface area (Å²) in [5.41, 5.74) is 2.70. The van der Waals surface area contributed by atoms with Gasteiger partial charge < -0.3 is 15.5 Å². The van der Waals surface area contributed by atoms with Crippen LogP contribution in [-0.2, 0) is 16.0 Å². The average Bonchev–Trinajstić information content (AvgIpc) is 2.78. The molecule has 0 aromatic carbocycles. The molecule has 19 heavy (non-hydrogen) atoms. The van der Waals surface area contributed by atoms with E-state index in [2.05, 4.69) is 15.6 Å². The topological polar surface area (TPSA) is 74.3 Å². The highest BCUT2D eigenvalue weighted by molar-refractivity contribution is 7.07.